The summed E-state index contributed by atoms with van der Waals surface area (Å²) in [5.74, 6) is 0.594. The molecule has 0 fully saturated rings. The van der Waals surface area contributed by atoms with Crippen molar-refractivity contribution >= 4 is 21.9 Å². The van der Waals surface area contributed by atoms with Crippen LogP contribution in [-0.4, -0.2) is 33.0 Å². The van der Waals surface area contributed by atoms with Crippen LogP contribution in [0.15, 0.2) is 22.7 Å². The van der Waals surface area contributed by atoms with E-state index in [4.69, 9.17) is 4.74 Å². The second kappa shape index (κ2) is 6.15. The average molecular weight is 340 g/mol. The fourth-order valence-corrected chi connectivity index (χ4v) is 2.30. The van der Waals surface area contributed by atoms with Gasteiger partial charge in [0, 0.05) is 10.9 Å². The van der Waals surface area contributed by atoms with Crippen molar-refractivity contribution in [2.75, 3.05) is 7.11 Å². The van der Waals surface area contributed by atoms with Gasteiger partial charge in [-0.2, -0.15) is 0 Å². The van der Waals surface area contributed by atoms with E-state index in [0.717, 1.165) is 4.47 Å². The van der Waals surface area contributed by atoms with Gasteiger partial charge >= 0.3 is 5.97 Å². The van der Waals surface area contributed by atoms with Gasteiger partial charge in [0.05, 0.1) is 18.4 Å². The van der Waals surface area contributed by atoms with Crippen molar-refractivity contribution in [2.24, 2.45) is 0 Å². The first-order valence-electron chi connectivity index (χ1n) is 6.04. The largest absolute Gasteiger partial charge is 0.465 e. The number of benzene rings is 1. The molecule has 106 valence electrons. The molecule has 0 atom stereocenters. The molecular formula is C13H14BrN3O3. The first-order valence-corrected chi connectivity index (χ1v) is 6.83. The van der Waals surface area contributed by atoms with Crippen LogP contribution in [0.1, 0.15) is 28.9 Å². The molecule has 0 aliphatic heterocycles. The maximum absolute atomic E-state index is 11.9. The van der Waals surface area contributed by atoms with Gasteiger partial charge in [0.2, 0.25) is 0 Å². The minimum atomic E-state index is -0.457. The third-order valence-corrected chi connectivity index (χ3v) is 3.35. The van der Waals surface area contributed by atoms with Crippen LogP contribution >= 0.6 is 15.9 Å². The Kier molecular flexibility index (Phi) is 4.51. The summed E-state index contributed by atoms with van der Waals surface area (Å²) >= 11 is 3.33. The molecule has 2 rings (SSSR count). The molecule has 1 N–H and O–H groups in total. The predicted molar refractivity (Wildman–Crippen MR) is 75.7 cm³/mol. The summed E-state index contributed by atoms with van der Waals surface area (Å²) in [5.41, 5.74) is 0.969. The first kappa shape index (κ1) is 14.7. The number of ether oxygens (including phenoxy) is 1. The van der Waals surface area contributed by atoms with Gasteiger partial charge in [0.15, 0.2) is 5.82 Å². The number of methoxy groups -OCH3 is 1. The molecule has 20 heavy (non-hydrogen) atoms. The molecule has 2 aromatic rings. The minimum absolute atomic E-state index is 0.260. The molecule has 7 heteroatoms. The van der Waals surface area contributed by atoms with E-state index in [-0.39, 0.29) is 6.61 Å². The zero-order valence-electron chi connectivity index (χ0n) is 11.1. The topological polar surface area (TPSA) is 77.2 Å². The van der Waals surface area contributed by atoms with E-state index in [9.17, 15) is 9.90 Å². The van der Waals surface area contributed by atoms with Crippen LogP contribution in [0.4, 0.5) is 0 Å². The Morgan fingerprint density at radius 2 is 2.10 bits per heavy atom. The zero-order valence-corrected chi connectivity index (χ0v) is 12.7. The van der Waals surface area contributed by atoms with Gasteiger partial charge < -0.3 is 9.84 Å². The molecule has 0 radical (unpaired) electrons. The van der Waals surface area contributed by atoms with E-state index in [1.807, 2.05) is 13.0 Å². The fourth-order valence-electron chi connectivity index (χ4n) is 1.94. The Bertz CT molecular complexity index is 618. The van der Waals surface area contributed by atoms with Crippen LogP contribution in [0, 0.1) is 0 Å². The third-order valence-electron chi connectivity index (χ3n) is 2.86. The van der Waals surface area contributed by atoms with Crippen molar-refractivity contribution in [2.45, 2.75) is 20.0 Å². The maximum Gasteiger partial charge on any atom is 0.340 e. The third kappa shape index (κ3) is 2.59. The molecule has 0 saturated carbocycles. The van der Waals surface area contributed by atoms with Crippen LogP contribution in [-0.2, 0) is 17.8 Å². The predicted octanol–water partition coefficient (Wildman–Crippen LogP) is 1.87. The number of hydrogen-bond donors (Lipinski definition) is 1. The maximum atomic E-state index is 11.9. The molecule has 0 amide bonds. The van der Waals surface area contributed by atoms with Crippen molar-refractivity contribution < 1.29 is 14.6 Å². The molecular weight excluding hydrogens is 326 g/mol. The average Bonchev–Trinajstić information content (AvgIpc) is 2.89. The van der Waals surface area contributed by atoms with E-state index in [1.165, 1.54) is 7.11 Å². The lowest BCUT2D eigenvalue weighted by Gasteiger charge is -2.13. The second-order valence-corrected chi connectivity index (χ2v) is 4.95. The van der Waals surface area contributed by atoms with Crippen molar-refractivity contribution in [3.8, 4) is 5.69 Å². The molecule has 0 aliphatic carbocycles. The number of aliphatic hydroxyl groups excluding tert-OH is 1. The number of halogens is 1. The van der Waals surface area contributed by atoms with E-state index >= 15 is 0 Å². The number of carbonyl (C=O) groups excluding carboxylic acids is 1. The molecule has 0 spiro atoms. The van der Waals surface area contributed by atoms with Gasteiger partial charge in [0.1, 0.15) is 12.4 Å². The highest BCUT2D eigenvalue weighted by atomic mass is 79.9. The van der Waals surface area contributed by atoms with Crippen LogP contribution < -0.4 is 0 Å². The molecule has 0 saturated heterocycles. The number of rotatable bonds is 4. The quantitative estimate of drug-likeness (QED) is 0.860. The fraction of sp³-hybridized carbons (Fsp3) is 0.308. The zero-order chi connectivity index (χ0) is 14.7. The van der Waals surface area contributed by atoms with Gasteiger partial charge in [-0.1, -0.05) is 22.9 Å². The summed E-state index contributed by atoms with van der Waals surface area (Å²) in [6, 6.07) is 5.24. The molecule has 1 heterocycles. The minimum Gasteiger partial charge on any atom is -0.465 e. The van der Waals surface area contributed by atoms with E-state index < -0.39 is 5.97 Å². The van der Waals surface area contributed by atoms with Crippen molar-refractivity contribution in [1.29, 1.82) is 0 Å². The lowest BCUT2D eigenvalue weighted by atomic mass is 10.1. The second-order valence-electron chi connectivity index (χ2n) is 4.03. The Morgan fingerprint density at radius 3 is 2.70 bits per heavy atom. The van der Waals surface area contributed by atoms with Crippen LogP contribution in [0.5, 0.6) is 0 Å². The molecule has 0 bridgehead atoms. The Hall–Kier alpha value is -1.73. The summed E-state index contributed by atoms with van der Waals surface area (Å²) in [6.45, 7) is 1.67. The SMILES string of the molecule is CCc1nnc(CO)n1-c1ccc(Br)cc1C(=O)OC. The van der Waals surface area contributed by atoms with Crippen molar-refractivity contribution in [3.05, 3.63) is 39.9 Å². The normalized spacial score (nSPS) is 10.6. The van der Waals surface area contributed by atoms with Gasteiger partial charge in [0.25, 0.3) is 0 Å². The number of aryl methyl sites for hydroxylation is 1. The molecule has 1 aromatic carbocycles. The standard InChI is InChI=1S/C13H14BrN3O3/c1-3-11-15-16-12(7-18)17(11)10-5-4-8(14)6-9(10)13(19)20-2/h4-6,18H,3,7H2,1-2H3. The van der Waals surface area contributed by atoms with Gasteiger partial charge in [-0.15, -0.1) is 10.2 Å². The number of esters is 1. The Morgan fingerprint density at radius 1 is 1.40 bits per heavy atom. The van der Waals surface area contributed by atoms with Crippen molar-refractivity contribution in [1.82, 2.24) is 14.8 Å². The smallest absolute Gasteiger partial charge is 0.340 e. The molecule has 1 aromatic heterocycles. The highest BCUT2D eigenvalue weighted by Gasteiger charge is 2.19. The summed E-state index contributed by atoms with van der Waals surface area (Å²) < 4.78 is 7.24. The summed E-state index contributed by atoms with van der Waals surface area (Å²) in [6.07, 6.45) is 0.629. The van der Waals surface area contributed by atoms with Crippen LogP contribution in [0.25, 0.3) is 5.69 Å². The van der Waals surface area contributed by atoms with Gasteiger partial charge in [-0.25, -0.2) is 4.79 Å². The summed E-state index contributed by atoms with van der Waals surface area (Å²) in [7, 11) is 1.33. The number of nitrogens with zero attached hydrogens (tertiary/aromatic N) is 3. The van der Waals surface area contributed by atoms with E-state index in [2.05, 4.69) is 26.1 Å². The Balaban J connectivity index is 2.69. The summed E-state index contributed by atoms with van der Waals surface area (Å²) in [5, 5.41) is 17.3. The van der Waals surface area contributed by atoms with Crippen LogP contribution in [0.3, 0.4) is 0 Å². The van der Waals surface area contributed by atoms with Gasteiger partial charge in [-0.05, 0) is 18.2 Å². The molecule has 6 nitrogen and oxygen atoms in total. The van der Waals surface area contributed by atoms with E-state index in [0.29, 0.717) is 29.3 Å². The van der Waals surface area contributed by atoms with E-state index in [1.54, 1.807) is 16.7 Å². The first-order chi connectivity index (χ1) is 9.62. The number of carbonyl (C=O) groups is 1. The lowest BCUT2D eigenvalue weighted by Crippen LogP contribution is -2.12. The number of hydrogen-bond acceptors (Lipinski definition) is 5. The molecule has 0 unspecified atom stereocenters. The molecule has 0 aliphatic rings. The van der Waals surface area contributed by atoms with Crippen molar-refractivity contribution in [3.63, 3.8) is 0 Å². The highest BCUT2D eigenvalue weighted by molar-refractivity contribution is 9.10. The lowest BCUT2D eigenvalue weighted by molar-refractivity contribution is 0.0600. The highest BCUT2D eigenvalue weighted by Crippen LogP contribution is 2.23. The van der Waals surface area contributed by atoms with Crippen LogP contribution in [0.2, 0.25) is 0 Å². The monoisotopic (exact) mass is 339 g/mol. The number of aliphatic hydroxyl groups is 1. The number of aromatic nitrogens is 3. The Labute approximate surface area is 124 Å². The van der Waals surface area contributed by atoms with Gasteiger partial charge in [-0.3, -0.25) is 4.57 Å². The summed E-state index contributed by atoms with van der Waals surface area (Å²) in [4.78, 5) is 11.9.